The van der Waals surface area contributed by atoms with Crippen LogP contribution in [0, 0.1) is 23.8 Å². The number of hydrogen-bond donors (Lipinski definition) is 0. The van der Waals surface area contributed by atoms with Crippen molar-refractivity contribution in [2.75, 3.05) is 0 Å². The van der Waals surface area contributed by atoms with Crippen LogP contribution < -0.4 is 0 Å². The molecule has 11 heavy (non-hydrogen) atoms. The van der Waals surface area contributed by atoms with Crippen LogP contribution in [0.25, 0.3) is 0 Å². The van der Waals surface area contributed by atoms with Gasteiger partial charge in [-0.1, -0.05) is 25.8 Å². The van der Waals surface area contributed by atoms with Gasteiger partial charge in [0.15, 0.2) is 0 Å². The maximum Gasteiger partial charge on any atom is -0.0131 e. The van der Waals surface area contributed by atoms with Crippen LogP contribution in [0.15, 0.2) is 6.08 Å². The largest absolute Gasteiger partial charge is 0.0807 e. The van der Waals surface area contributed by atoms with Crippen molar-refractivity contribution in [1.82, 2.24) is 0 Å². The van der Waals surface area contributed by atoms with Gasteiger partial charge in [-0.15, -0.1) is 0 Å². The maximum atomic E-state index is 3.53. The summed E-state index contributed by atoms with van der Waals surface area (Å²) in [4.78, 5) is 0. The SMILES string of the molecule is CC1CCCC2[C]=CCCC12. The highest BCUT2D eigenvalue weighted by atomic mass is 14.3. The van der Waals surface area contributed by atoms with Crippen molar-refractivity contribution in [3.8, 4) is 0 Å². The van der Waals surface area contributed by atoms with Crippen LogP contribution in [0.3, 0.4) is 0 Å². The fourth-order valence-electron chi connectivity index (χ4n) is 2.69. The maximum absolute atomic E-state index is 3.53. The average molecular weight is 149 g/mol. The molecule has 0 heterocycles. The Bertz CT molecular complexity index is 157. The van der Waals surface area contributed by atoms with Gasteiger partial charge >= 0.3 is 0 Å². The van der Waals surface area contributed by atoms with Crippen LogP contribution >= 0.6 is 0 Å². The summed E-state index contributed by atoms with van der Waals surface area (Å²) in [6.07, 6.45) is 12.8. The molecular weight excluding hydrogens is 132 g/mol. The average Bonchev–Trinajstić information content (AvgIpc) is 2.06. The van der Waals surface area contributed by atoms with Crippen LogP contribution in [0.4, 0.5) is 0 Å². The molecule has 2 aliphatic rings. The van der Waals surface area contributed by atoms with E-state index in [1.807, 2.05) is 0 Å². The first-order valence-corrected chi connectivity index (χ1v) is 4.95. The van der Waals surface area contributed by atoms with Gasteiger partial charge in [0, 0.05) is 0 Å². The smallest absolute Gasteiger partial charge is 0.0131 e. The second kappa shape index (κ2) is 3.00. The Kier molecular flexibility index (Phi) is 2.02. The number of allylic oxidation sites excluding steroid dienone is 2. The van der Waals surface area contributed by atoms with E-state index in [1.165, 1.54) is 32.1 Å². The van der Waals surface area contributed by atoms with Gasteiger partial charge in [-0.05, 0) is 43.1 Å². The molecule has 1 radical (unpaired) electrons. The third-order valence-electron chi connectivity index (χ3n) is 3.40. The predicted molar refractivity (Wildman–Crippen MR) is 47.0 cm³/mol. The van der Waals surface area contributed by atoms with Gasteiger partial charge in [-0.2, -0.15) is 0 Å². The van der Waals surface area contributed by atoms with E-state index < -0.39 is 0 Å². The Hall–Kier alpha value is -0.260. The molecular formula is C11H17. The molecule has 0 amide bonds. The van der Waals surface area contributed by atoms with E-state index in [9.17, 15) is 0 Å². The van der Waals surface area contributed by atoms with Gasteiger partial charge < -0.3 is 0 Å². The summed E-state index contributed by atoms with van der Waals surface area (Å²) in [5.74, 6) is 2.77. The van der Waals surface area contributed by atoms with Crippen LogP contribution in [0.5, 0.6) is 0 Å². The molecule has 1 fully saturated rings. The molecule has 0 aliphatic heterocycles. The fourth-order valence-corrected chi connectivity index (χ4v) is 2.69. The second-order valence-electron chi connectivity index (χ2n) is 4.13. The van der Waals surface area contributed by atoms with Crippen molar-refractivity contribution in [2.24, 2.45) is 17.8 Å². The van der Waals surface area contributed by atoms with Crippen LogP contribution in [0.1, 0.15) is 39.0 Å². The van der Waals surface area contributed by atoms with Crippen molar-refractivity contribution < 1.29 is 0 Å². The second-order valence-corrected chi connectivity index (χ2v) is 4.13. The Morgan fingerprint density at radius 3 is 3.00 bits per heavy atom. The molecule has 3 atom stereocenters. The molecule has 0 aromatic heterocycles. The zero-order chi connectivity index (χ0) is 7.68. The molecule has 0 aromatic rings. The Labute approximate surface area is 69.7 Å². The summed E-state index contributed by atoms with van der Waals surface area (Å²) in [5, 5.41) is 0. The minimum absolute atomic E-state index is 0.826. The van der Waals surface area contributed by atoms with Gasteiger partial charge in [-0.25, -0.2) is 0 Å². The molecule has 0 spiro atoms. The molecule has 0 N–H and O–H groups in total. The third-order valence-corrected chi connectivity index (χ3v) is 3.40. The van der Waals surface area contributed by atoms with E-state index in [4.69, 9.17) is 0 Å². The fraction of sp³-hybridized carbons (Fsp3) is 0.818. The molecule has 0 heteroatoms. The van der Waals surface area contributed by atoms with Crippen molar-refractivity contribution in [3.05, 3.63) is 12.2 Å². The van der Waals surface area contributed by atoms with Gasteiger partial charge in [-0.3, -0.25) is 0 Å². The highest BCUT2D eigenvalue weighted by molar-refractivity contribution is 4.94. The summed E-state index contributed by atoms with van der Waals surface area (Å²) in [5.41, 5.74) is 0. The predicted octanol–water partition coefficient (Wildman–Crippen LogP) is 3.19. The molecule has 3 unspecified atom stereocenters. The highest BCUT2D eigenvalue weighted by Gasteiger charge is 2.29. The van der Waals surface area contributed by atoms with Crippen molar-refractivity contribution >= 4 is 0 Å². The first-order valence-electron chi connectivity index (χ1n) is 4.95. The van der Waals surface area contributed by atoms with Crippen LogP contribution in [-0.2, 0) is 0 Å². The lowest BCUT2D eigenvalue weighted by Crippen LogP contribution is -2.27. The molecule has 1 saturated carbocycles. The van der Waals surface area contributed by atoms with Gasteiger partial charge in [0.25, 0.3) is 0 Å². The number of fused-ring (bicyclic) bond motifs is 1. The zero-order valence-corrected chi connectivity index (χ0v) is 7.34. The Balaban J connectivity index is 2.08. The quantitative estimate of drug-likeness (QED) is 0.496. The van der Waals surface area contributed by atoms with E-state index in [0.717, 1.165) is 17.8 Å². The summed E-state index contributed by atoms with van der Waals surface area (Å²) >= 11 is 0. The monoisotopic (exact) mass is 149 g/mol. The molecule has 0 nitrogen and oxygen atoms in total. The third kappa shape index (κ3) is 1.36. The van der Waals surface area contributed by atoms with E-state index in [-0.39, 0.29) is 0 Å². The van der Waals surface area contributed by atoms with E-state index in [1.54, 1.807) is 0 Å². The first-order chi connectivity index (χ1) is 5.38. The Morgan fingerprint density at radius 2 is 2.18 bits per heavy atom. The molecule has 2 aliphatic carbocycles. The minimum Gasteiger partial charge on any atom is -0.0807 e. The summed E-state index contributed by atoms with van der Waals surface area (Å²) < 4.78 is 0. The van der Waals surface area contributed by atoms with Crippen molar-refractivity contribution in [2.45, 2.75) is 39.0 Å². The summed E-state index contributed by atoms with van der Waals surface area (Å²) in [6.45, 7) is 2.42. The topological polar surface area (TPSA) is 0 Å². The van der Waals surface area contributed by atoms with E-state index in [2.05, 4.69) is 19.1 Å². The molecule has 61 valence electrons. The van der Waals surface area contributed by atoms with Crippen molar-refractivity contribution in [3.63, 3.8) is 0 Å². The lowest BCUT2D eigenvalue weighted by atomic mass is 9.69. The van der Waals surface area contributed by atoms with Crippen LogP contribution in [0.2, 0.25) is 0 Å². The Morgan fingerprint density at radius 1 is 1.27 bits per heavy atom. The van der Waals surface area contributed by atoms with Crippen LogP contribution in [-0.4, -0.2) is 0 Å². The zero-order valence-electron chi connectivity index (χ0n) is 7.34. The number of rotatable bonds is 0. The standard InChI is InChI=1S/C11H17/c1-9-5-4-7-10-6-2-3-8-11(9)10/h2,9-11H,3-5,7-8H2,1H3. The molecule has 0 saturated heterocycles. The normalized spacial score (nSPS) is 43.5. The van der Waals surface area contributed by atoms with Gasteiger partial charge in [0.2, 0.25) is 0 Å². The first kappa shape index (κ1) is 7.39. The molecule has 0 aromatic carbocycles. The molecule has 0 bridgehead atoms. The van der Waals surface area contributed by atoms with E-state index in [0.29, 0.717) is 0 Å². The highest BCUT2D eigenvalue weighted by Crippen LogP contribution is 2.40. The minimum atomic E-state index is 0.826. The summed E-state index contributed by atoms with van der Waals surface area (Å²) in [6, 6.07) is 0. The number of hydrogen-bond acceptors (Lipinski definition) is 0. The summed E-state index contributed by atoms with van der Waals surface area (Å²) in [7, 11) is 0. The van der Waals surface area contributed by atoms with E-state index >= 15 is 0 Å². The van der Waals surface area contributed by atoms with Gasteiger partial charge in [0.1, 0.15) is 0 Å². The molecule has 2 rings (SSSR count). The van der Waals surface area contributed by atoms with Crippen molar-refractivity contribution in [1.29, 1.82) is 0 Å². The lowest BCUT2D eigenvalue weighted by Gasteiger charge is -2.36. The van der Waals surface area contributed by atoms with Gasteiger partial charge in [0.05, 0.1) is 0 Å². The lowest BCUT2D eigenvalue weighted by molar-refractivity contribution is 0.175.